The smallest absolute Gasteiger partial charge is 0.124 e. The van der Waals surface area contributed by atoms with Crippen molar-refractivity contribution in [3.63, 3.8) is 0 Å². The summed E-state index contributed by atoms with van der Waals surface area (Å²) in [5, 5.41) is 0.728. The van der Waals surface area contributed by atoms with Crippen molar-refractivity contribution < 1.29 is 0 Å². The van der Waals surface area contributed by atoms with Gasteiger partial charge in [0, 0.05) is 24.0 Å². The average molecular weight is 328 g/mol. The molecule has 0 bridgehead atoms. The highest BCUT2D eigenvalue weighted by Crippen LogP contribution is 2.32. The summed E-state index contributed by atoms with van der Waals surface area (Å²) in [5.41, 5.74) is 3.91. The number of aromatic nitrogens is 4. The van der Waals surface area contributed by atoms with Crippen LogP contribution in [0.2, 0.25) is 5.02 Å². The molecule has 2 aromatic heterocycles. The average Bonchev–Trinajstić information content (AvgIpc) is 3.15. The van der Waals surface area contributed by atoms with Crippen LogP contribution in [0.1, 0.15) is 36.1 Å². The van der Waals surface area contributed by atoms with Gasteiger partial charge in [0.1, 0.15) is 5.82 Å². The van der Waals surface area contributed by atoms with Crippen molar-refractivity contribution in [3.05, 3.63) is 52.8 Å². The maximum atomic E-state index is 6.06. The number of likely N-dealkylation sites (tertiary alicyclic amines) is 1. The number of rotatable bonds is 3. The minimum Gasteiger partial charge on any atom is -0.341 e. The Balaban J connectivity index is 1.59. The molecule has 0 spiro atoms. The van der Waals surface area contributed by atoms with Gasteiger partial charge < -0.3 is 4.98 Å². The van der Waals surface area contributed by atoms with E-state index >= 15 is 0 Å². The summed E-state index contributed by atoms with van der Waals surface area (Å²) in [6.45, 7) is 3.81. The van der Waals surface area contributed by atoms with Gasteiger partial charge in [-0.3, -0.25) is 14.9 Å². The molecule has 1 saturated heterocycles. The van der Waals surface area contributed by atoms with Crippen molar-refractivity contribution >= 4 is 22.6 Å². The summed E-state index contributed by atoms with van der Waals surface area (Å²) in [6.07, 6.45) is 5.96. The zero-order valence-electron chi connectivity index (χ0n) is 13.0. The Hall–Kier alpha value is -1.98. The van der Waals surface area contributed by atoms with E-state index in [1.165, 1.54) is 6.42 Å². The lowest BCUT2D eigenvalue weighted by atomic mass is 10.2. The molecule has 1 aromatic carbocycles. The van der Waals surface area contributed by atoms with Crippen molar-refractivity contribution in [3.8, 4) is 0 Å². The quantitative estimate of drug-likeness (QED) is 0.797. The zero-order chi connectivity index (χ0) is 15.8. The third-order valence-electron chi connectivity index (χ3n) is 4.34. The van der Waals surface area contributed by atoms with Gasteiger partial charge in [-0.25, -0.2) is 4.98 Å². The number of benzene rings is 1. The molecule has 1 atom stereocenters. The second-order valence-corrected chi connectivity index (χ2v) is 6.50. The van der Waals surface area contributed by atoms with E-state index in [9.17, 15) is 0 Å². The Kier molecular flexibility index (Phi) is 3.75. The second kappa shape index (κ2) is 5.91. The number of aromatic amines is 1. The van der Waals surface area contributed by atoms with Crippen molar-refractivity contribution in [2.45, 2.75) is 32.4 Å². The fourth-order valence-electron chi connectivity index (χ4n) is 3.19. The molecule has 0 amide bonds. The number of hydrogen-bond acceptors (Lipinski definition) is 4. The van der Waals surface area contributed by atoms with Gasteiger partial charge in [-0.1, -0.05) is 11.6 Å². The van der Waals surface area contributed by atoms with Crippen molar-refractivity contribution in [1.29, 1.82) is 0 Å². The minimum atomic E-state index is 0.296. The van der Waals surface area contributed by atoms with E-state index in [2.05, 4.69) is 19.9 Å². The number of H-pyrrole nitrogens is 1. The second-order valence-electron chi connectivity index (χ2n) is 6.06. The standard InChI is InChI=1S/C17H18ClN5/c1-11-8-20-13(9-19-11)10-23-6-2-3-16(23)17-21-14-5-4-12(18)7-15(14)22-17/h4-5,7-9,16H,2-3,6,10H2,1H3,(H,21,22). The Morgan fingerprint density at radius 3 is 3.04 bits per heavy atom. The topological polar surface area (TPSA) is 57.7 Å². The highest BCUT2D eigenvalue weighted by atomic mass is 35.5. The number of nitrogens with zero attached hydrogens (tertiary/aromatic N) is 4. The monoisotopic (exact) mass is 327 g/mol. The molecule has 0 saturated carbocycles. The zero-order valence-corrected chi connectivity index (χ0v) is 13.7. The first-order valence-corrected chi connectivity index (χ1v) is 8.23. The van der Waals surface area contributed by atoms with Gasteiger partial charge in [0.25, 0.3) is 0 Å². The van der Waals surface area contributed by atoms with E-state index in [1.807, 2.05) is 37.5 Å². The van der Waals surface area contributed by atoms with Crippen LogP contribution < -0.4 is 0 Å². The number of hydrogen-bond donors (Lipinski definition) is 1. The first-order valence-electron chi connectivity index (χ1n) is 7.86. The van der Waals surface area contributed by atoms with Gasteiger partial charge >= 0.3 is 0 Å². The Morgan fingerprint density at radius 1 is 1.30 bits per heavy atom. The normalized spacial score (nSPS) is 18.8. The van der Waals surface area contributed by atoms with Crippen LogP contribution in [0.4, 0.5) is 0 Å². The van der Waals surface area contributed by atoms with Crippen LogP contribution in [0.5, 0.6) is 0 Å². The molecule has 118 valence electrons. The lowest BCUT2D eigenvalue weighted by Gasteiger charge is -2.22. The van der Waals surface area contributed by atoms with Gasteiger partial charge in [-0.05, 0) is 44.5 Å². The van der Waals surface area contributed by atoms with Gasteiger partial charge in [0.2, 0.25) is 0 Å². The lowest BCUT2D eigenvalue weighted by Crippen LogP contribution is -2.24. The summed E-state index contributed by atoms with van der Waals surface area (Å²) in [7, 11) is 0. The molecule has 3 aromatic rings. The third kappa shape index (κ3) is 2.94. The molecule has 6 heteroatoms. The number of halogens is 1. The molecular weight excluding hydrogens is 310 g/mol. The Bertz CT molecular complexity index is 827. The van der Waals surface area contributed by atoms with Crippen LogP contribution >= 0.6 is 11.6 Å². The van der Waals surface area contributed by atoms with Crippen LogP contribution in [0.15, 0.2) is 30.6 Å². The fraction of sp³-hybridized carbons (Fsp3) is 0.353. The van der Waals surface area contributed by atoms with Crippen LogP contribution in [-0.4, -0.2) is 31.4 Å². The molecule has 1 aliphatic rings. The minimum absolute atomic E-state index is 0.296. The molecule has 1 N–H and O–H groups in total. The summed E-state index contributed by atoms with van der Waals surface area (Å²) < 4.78 is 0. The van der Waals surface area contributed by atoms with E-state index in [-0.39, 0.29) is 0 Å². The predicted molar refractivity (Wildman–Crippen MR) is 90.3 cm³/mol. The molecule has 23 heavy (non-hydrogen) atoms. The highest BCUT2D eigenvalue weighted by Gasteiger charge is 2.28. The van der Waals surface area contributed by atoms with Crippen molar-refractivity contribution in [2.75, 3.05) is 6.54 Å². The predicted octanol–water partition coefficient (Wildman–Crippen LogP) is 3.65. The third-order valence-corrected chi connectivity index (χ3v) is 4.58. The summed E-state index contributed by atoms with van der Waals surface area (Å²) in [6, 6.07) is 6.06. The van der Waals surface area contributed by atoms with E-state index in [0.29, 0.717) is 6.04 Å². The molecule has 1 fully saturated rings. The van der Waals surface area contributed by atoms with Gasteiger partial charge in [-0.15, -0.1) is 0 Å². The molecule has 0 aliphatic carbocycles. The summed E-state index contributed by atoms with van der Waals surface area (Å²) in [4.78, 5) is 19.4. The van der Waals surface area contributed by atoms with Gasteiger partial charge in [0.05, 0.1) is 28.5 Å². The van der Waals surface area contributed by atoms with E-state index in [4.69, 9.17) is 16.6 Å². The molecule has 3 heterocycles. The first kappa shape index (κ1) is 14.6. The maximum absolute atomic E-state index is 6.06. The molecular formula is C17H18ClN5. The molecule has 5 nitrogen and oxygen atoms in total. The number of fused-ring (bicyclic) bond motifs is 1. The maximum Gasteiger partial charge on any atom is 0.124 e. The first-order chi connectivity index (χ1) is 11.2. The molecule has 0 radical (unpaired) electrons. The van der Waals surface area contributed by atoms with Crippen molar-refractivity contribution in [2.24, 2.45) is 0 Å². The van der Waals surface area contributed by atoms with Crippen LogP contribution in [0.3, 0.4) is 0 Å². The van der Waals surface area contributed by atoms with Gasteiger partial charge in [0.15, 0.2) is 0 Å². The molecule has 1 unspecified atom stereocenters. The van der Waals surface area contributed by atoms with Crippen LogP contribution in [0, 0.1) is 6.92 Å². The van der Waals surface area contributed by atoms with E-state index < -0.39 is 0 Å². The number of aryl methyl sites for hydroxylation is 1. The fourth-order valence-corrected chi connectivity index (χ4v) is 3.37. The molecule has 1 aliphatic heterocycles. The number of imidazole rings is 1. The summed E-state index contributed by atoms with van der Waals surface area (Å²) in [5.74, 6) is 1.01. The van der Waals surface area contributed by atoms with Crippen LogP contribution in [-0.2, 0) is 6.54 Å². The Morgan fingerprint density at radius 2 is 2.22 bits per heavy atom. The summed E-state index contributed by atoms with van der Waals surface area (Å²) >= 11 is 6.06. The highest BCUT2D eigenvalue weighted by molar-refractivity contribution is 6.31. The largest absolute Gasteiger partial charge is 0.341 e. The van der Waals surface area contributed by atoms with E-state index in [1.54, 1.807) is 0 Å². The number of nitrogens with one attached hydrogen (secondary N) is 1. The van der Waals surface area contributed by atoms with E-state index in [0.717, 1.165) is 52.8 Å². The SMILES string of the molecule is Cc1cnc(CN2CCCC2c2nc3ccc(Cl)cc3[nH]2)cn1. The molecule has 4 rings (SSSR count). The van der Waals surface area contributed by atoms with Gasteiger partial charge in [-0.2, -0.15) is 0 Å². The Labute approximate surface area is 139 Å². The van der Waals surface area contributed by atoms with Crippen molar-refractivity contribution in [1.82, 2.24) is 24.8 Å². The van der Waals surface area contributed by atoms with Crippen LogP contribution in [0.25, 0.3) is 11.0 Å². The lowest BCUT2D eigenvalue weighted by molar-refractivity contribution is 0.238.